The van der Waals surface area contributed by atoms with Gasteiger partial charge in [-0.2, -0.15) is 4.98 Å². The number of Topliss-reactive ketones (excluding diaryl/α,β-unsaturated/α-hetero) is 2. The lowest BCUT2D eigenvalue weighted by molar-refractivity contribution is -0.124. The molecule has 0 bridgehead atoms. The maximum atomic E-state index is 13.8. The summed E-state index contributed by atoms with van der Waals surface area (Å²) in [6, 6.07) is 0. The summed E-state index contributed by atoms with van der Waals surface area (Å²) >= 11 is 0. The Balaban J connectivity index is 1.53. The molecule has 2 aromatic rings. The third-order valence-corrected chi connectivity index (χ3v) is 6.94. The number of ether oxygens (including phenoxy) is 1. The molecule has 0 saturated heterocycles. The van der Waals surface area contributed by atoms with Crippen molar-refractivity contribution in [2.45, 2.75) is 59.3 Å². The number of nitrogens with zero attached hydrogens (tertiary/aromatic N) is 2. The molecule has 0 saturated carbocycles. The number of rotatable bonds is 8. The molecule has 12 heteroatoms. The summed E-state index contributed by atoms with van der Waals surface area (Å²) in [4.78, 5) is 55.6. The Kier molecular flexibility index (Phi) is 7.07. The molecule has 0 fully saturated rings. The molecule has 39 heavy (non-hydrogen) atoms. The van der Waals surface area contributed by atoms with Gasteiger partial charge in [0.1, 0.15) is 34.0 Å². The first-order valence-electron chi connectivity index (χ1n) is 12.4. The number of allylic oxidation sites excluding steroid dienone is 4. The monoisotopic (exact) mass is 538 g/mol. The van der Waals surface area contributed by atoms with E-state index in [-0.39, 0.29) is 64.4 Å². The van der Waals surface area contributed by atoms with Crippen molar-refractivity contribution in [3.63, 3.8) is 0 Å². The van der Waals surface area contributed by atoms with E-state index in [0.717, 1.165) is 6.08 Å². The van der Waals surface area contributed by atoms with Crippen LogP contribution >= 0.6 is 0 Å². The Labute approximate surface area is 224 Å². The molecule has 1 atom stereocenters. The second-order valence-electron chi connectivity index (χ2n) is 10.0. The predicted octanol–water partition coefficient (Wildman–Crippen LogP) is 2.02. The number of hydrogen-bond acceptors (Lipinski definition) is 11. The second-order valence-corrected chi connectivity index (χ2v) is 10.0. The summed E-state index contributed by atoms with van der Waals surface area (Å²) in [5.74, 6) is -2.25. The first-order chi connectivity index (χ1) is 18.3. The van der Waals surface area contributed by atoms with Crippen molar-refractivity contribution >= 4 is 23.3 Å². The highest BCUT2D eigenvalue weighted by atomic mass is 16.5. The van der Waals surface area contributed by atoms with E-state index in [4.69, 9.17) is 9.26 Å². The summed E-state index contributed by atoms with van der Waals surface area (Å²) in [6.07, 6.45) is 1.46. The van der Waals surface area contributed by atoms with Gasteiger partial charge in [0.05, 0.1) is 17.7 Å². The molecule has 0 spiro atoms. The van der Waals surface area contributed by atoms with Crippen LogP contribution in [0.15, 0.2) is 27.6 Å². The van der Waals surface area contributed by atoms with Crippen LogP contribution in [0.5, 0.6) is 17.2 Å². The minimum atomic E-state index is -1.63. The van der Waals surface area contributed by atoms with Gasteiger partial charge in [-0.1, -0.05) is 19.0 Å². The largest absolute Gasteiger partial charge is 0.507 e. The predicted molar refractivity (Wildman–Crippen MR) is 136 cm³/mol. The van der Waals surface area contributed by atoms with Gasteiger partial charge >= 0.3 is 0 Å². The van der Waals surface area contributed by atoms with Gasteiger partial charge in [0, 0.05) is 36.2 Å². The van der Waals surface area contributed by atoms with Crippen molar-refractivity contribution in [3.8, 4) is 17.2 Å². The number of nitrogens with one attached hydrogen (secondary N) is 2. The van der Waals surface area contributed by atoms with Gasteiger partial charge in [-0.05, 0) is 27.7 Å². The number of carbonyl (C=O) groups is 4. The van der Waals surface area contributed by atoms with E-state index in [2.05, 4.69) is 20.8 Å². The number of aromatic nitrogens is 2. The molecule has 1 aliphatic carbocycles. The molecule has 1 aliphatic heterocycles. The minimum absolute atomic E-state index is 0.00329. The molecule has 1 aromatic heterocycles. The van der Waals surface area contributed by atoms with Crippen LogP contribution in [0, 0.1) is 6.92 Å². The lowest BCUT2D eigenvalue weighted by atomic mass is 9.70. The Morgan fingerprint density at radius 1 is 1.13 bits per heavy atom. The van der Waals surface area contributed by atoms with Gasteiger partial charge in [-0.15, -0.1) is 0 Å². The van der Waals surface area contributed by atoms with Crippen LogP contribution in [-0.4, -0.2) is 56.7 Å². The average molecular weight is 539 g/mol. The SMILES string of the molecule is CC(=O)c1c(O)c(C)c(O)c2c1OC1=CC(=O)C(=C(C)NCC(=O)NCCc3nc(C(C)C)no3)C(=O)[C@@]12C. The molecule has 4 N–H and O–H groups in total. The Bertz CT molecular complexity index is 1480. The summed E-state index contributed by atoms with van der Waals surface area (Å²) in [5, 5.41) is 30.7. The molecule has 12 nitrogen and oxygen atoms in total. The number of phenolic OH excluding ortho intramolecular Hbond substituents is 2. The van der Waals surface area contributed by atoms with Crippen molar-refractivity contribution in [2.75, 3.05) is 13.1 Å². The van der Waals surface area contributed by atoms with Crippen LogP contribution < -0.4 is 15.4 Å². The van der Waals surface area contributed by atoms with E-state index >= 15 is 0 Å². The Morgan fingerprint density at radius 2 is 1.82 bits per heavy atom. The van der Waals surface area contributed by atoms with Gasteiger partial charge in [-0.25, -0.2) is 0 Å². The molecular formula is C27H30N4O8. The van der Waals surface area contributed by atoms with Gasteiger partial charge in [0.25, 0.3) is 0 Å². The summed E-state index contributed by atoms with van der Waals surface area (Å²) in [7, 11) is 0. The lowest BCUT2D eigenvalue weighted by Crippen LogP contribution is -2.42. The maximum absolute atomic E-state index is 13.8. The fraction of sp³-hybridized carbons (Fsp3) is 0.407. The smallest absolute Gasteiger partial charge is 0.239 e. The van der Waals surface area contributed by atoms with Gasteiger partial charge < -0.3 is 30.1 Å². The van der Waals surface area contributed by atoms with Crippen LogP contribution in [0.4, 0.5) is 0 Å². The van der Waals surface area contributed by atoms with Crippen LogP contribution in [0.3, 0.4) is 0 Å². The highest BCUT2D eigenvalue weighted by Crippen LogP contribution is 2.57. The zero-order chi connectivity index (χ0) is 28.8. The standard InChI is InChI=1S/C27H30N4O8/c1-11(2)26-30-18(39-31-26)7-8-28-17(34)10-29-13(4)19-15(33)9-16-27(6,25(19)37)21-23(36)12(3)22(35)20(14(5)32)24(21)38-16/h9,11,29,35-36H,7-8,10H2,1-6H3,(H,28,34)/t27-/m0/s1. The normalized spacial score (nSPS) is 19.3. The molecule has 2 heterocycles. The van der Waals surface area contributed by atoms with Crippen LogP contribution in [0.2, 0.25) is 0 Å². The summed E-state index contributed by atoms with van der Waals surface area (Å²) in [6.45, 7) is 9.50. The number of carbonyl (C=O) groups excluding carboxylic acids is 4. The van der Waals surface area contributed by atoms with E-state index in [1.54, 1.807) is 0 Å². The van der Waals surface area contributed by atoms with E-state index in [9.17, 15) is 29.4 Å². The van der Waals surface area contributed by atoms with E-state index in [0.29, 0.717) is 18.1 Å². The van der Waals surface area contributed by atoms with Crippen molar-refractivity contribution in [1.82, 2.24) is 20.8 Å². The topological polar surface area (TPSA) is 181 Å². The molecule has 4 rings (SSSR count). The maximum Gasteiger partial charge on any atom is 0.239 e. The number of ketones is 3. The molecule has 1 amide bonds. The van der Waals surface area contributed by atoms with Gasteiger partial charge in [-0.3, -0.25) is 19.2 Å². The number of phenols is 2. The highest BCUT2D eigenvalue weighted by Gasteiger charge is 2.56. The van der Waals surface area contributed by atoms with Crippen molar-refractivity contribution < 1.29 is 38.7 Å². The van der Waals surface area contributed by atoms with Crippen molar-refractivity contribution in [1.29, 1.82) is 0 Å². The third kappa shape index (κ3) is 4.55. The molecule has 1 aromatic carbocycles. The third-order valence-electron chi connectivity index (χ3n) is 6.94. The summed E-state index contributed by atoms with van der Waals surface area (Å²) < 4.78 is 10.9. The summed E-state index contributed by atoms with van der Waals surface area (Å²) in [5.41, 5.74) is -1.87. The van der Waals surface area contributed by atoms with Crippen molar-refractivity contribution in [2.24, 2.45) is 0 Å². The first kappa shape index (κ1) is 27.6. The van der Waals surface area contributed by atoms with E-state index < -0.39 is 34.3 Å². The minimum Gasteiger partial charge on any atom is -0.507 e. The van der Waals surface area contributed by atoms with Crippen LogP contribution in [0.25, 0.3) is 0 Å². The van der Waals surface area contributed by atoms with Crippen LogP contribution in [-0.2, 0) is 26.2 Å². The zero-order valence-corrected chi connectivity index (χ0v) is 22.5. The van der Waals surface area contributed by atoms with Gasteiger partial charge in [0.15, 0.2) is 23.2 Å². The Hall–Kier alpha value is -4.48. The first-order valence-corrected chi connectivity index (χ1v) is 12.4. The average Bonchev–Trinajstić information content (AvgIpc) is 3.45. The number of fused-ring (bicyclic) bond motifs is 3. The molecule has 206 valence electrons. The fourth-order valence-electron chi connectivity index (χ4n) is 4.64. The quantitative estimate of drug-likeness (QED) is 0.219. The van der Waals surface area contributed by atoms with Crippen molar-refractivity contribution in [3.05, 3.63) is 51.5 Å². The zero-order valence-electron chi connectivity index (χ0n) is 22.5. The number of benzene rings is 1. The van der Waals surface area contributed by atoms with E-state index in [1.165, 1.54) is 27.7 Å². The lowest BCUT2D eigenvalue weighted by Gasteiger charge is -2.29. The molecule has 2 aliphatic rings. The van der Waals surface area contributed by atoms with Gasteiger partial charge in [0.2, 0.25) is 11.8 Å². The number of amides is 1. The number of hydrogen-bond donors (Lipinski definition) is 4. The fourth-order valence-corrected chi connectivity index (χ4v) is 4.64. The molecule has 0 radical (unpaired) electrons. The highest BCUT2D eigenvalue weighted by molar-refractivity contribution is 6.31. The van der Waals surface area contributed by atoms with E-state index in [1.807, 2.05) is 13.8 Å². The molecular weight excluding hydrogens is 508 g/mol. The molecule has 0 unspecified atom stereocenters. The Morgan fingerprint density at radius 3 is 2.44 bits per heavy atom. The van der Waals surface area contributed by atoms with Crippen LogP contribution in [0.1, 0.15) is 73.7 Å². The second kappa shape index (κ2) is 10.0. The number of aromatic hydroxyl groups is 2.